The fourth-order valence-corrected chi connectivity index (χ4v) is 2.21. The second-order valence-electron chi connectivity index (χ2n) is 3.93. The van der Waals surface area contributed by atoms with Crippen LogP contribution in [-0.2, 0) is 11.2 Å². The van der Waals surface area contributed by atoms with Crippen molar-refractivity contribution in [1.82, 2.24) is 4.90 Å². The first-order chi connectivity index (χ1) is 8.58. The van der Waals surface area contributed by atoms with Crippen molar-refractivity contribution >= 4 is 29.1 Å². The van der Waals surface area contributed by atoms with Crippen molar-refractivity contribution in [3.8, 4) is 0 Å². The maximum Gasteiger partial charge on any atom is 0.222 e. The van der Waals surface area contributed by atoms with E-state index in [9.17, 15) is 4.79 Å². The lowest BCUT2D eigenvalue weighted by Crippen LogP contribution is -2.33. The molecule has 0 aliphatic heterocycles. The van der Waals surface area contributed by atoms with Crippen LogP contribution in [0.25, 0.3) is 0 Å². The van der Waals surface area contributed by atoms with Crippen LogP contribution in [0.3, 0.4) is 0 Å². The Labute approximate surface area is 117 Å². The molecular formula is C13H17Cl2NO2. The molecule has 1 N–H and O–H groups in total. The van der Waals surface area contributed by atoms with E-state index < -0.39 is 0 Å². The molecule has 0 saturated heterocycles. The Kier molecular flexibility index (Phi) is 6.47. The molecule has 3 nitrogen and oxygen atoms in total. The summed E-state index contributed by atoms with van der Waals surface area (Å²) in [7, 11) is 0. The number of halogens is 2. The minimum atomic E-state index is -0.0126. The first-order valence-corrected chi connectivity index (χ1v) is 6.66. The average molecular weight is 290 g/mol. The molecule has 1 amide bonds. The zero-order chi connectivity index (χ0) is 13.5. The molecule has 18 heavy (non-hydrogen) atoms. The summed E-state index contributed by atoms with van der Waals surface area (Å²) in [6.07, 6.45) is 0.964. The van der Waals surface area contributed by atoms with Crippen molar-refractivity contribution in [2.75, 3.05) is 19.7 Å². The van der Waals surface area contributed by atoms with Crippen molar-refractivity contribution < 1.29 is 9.90 Å². The number of hydrogen-bond acceptors (Lipinski definition) is 2. The Morgan fingerprint density at radius 2 is 2.11 bits per heavy atom. The van der Waals surface area contributed by atoms with Gasteiger partial charge in [0.05, 0.1) is 6.61 Å². The van der Waals surface area contributed by atoms with Gasteiger partial charge in [0.1, 0.15) is 0 Å². The van der Waals surface area contributed by atoms with E-state index in [4.69, 9.17) is 28.3 Å². The van der Waals surface area contributed by atoms with E-state index >= 15 is 0 Å². The van der Waals surface area contributed by atoms with Crippen LogP contribution in [0.2, 0.25) is 10.0 Å². The summed E-state index contributed by atoms with van der Waals surface area (Å²) in [5, 5.41) is 10.0. The summed E-state index contributed by atoms with van der Waals surface area (Å²) in [4.78, 5) is 13.5. The zero-order valence-corrected chi connectivity index (χ0v) is 11.8. The van der Waals surface area contributed by atoms with Gasteiger partial charge in [-0.25, -0.2) is 0 Å². The van der Waals surface area contributed by atoms with Crippen LogP contribution in [0, 0.1) is 0 Å². The van der Waals surface area contributed by atoms with E-state index in [1.54, 1.807) is 17.0 Å². The average Bonchev–Trinajstić information content (AvgIpc) is 2.34. The summed E-state index contributed by atoms with van der Waals surface area (Å²) in [5.74, 6) is 0.0255. The predicted octanol–water partition coefficient (Wildman–Crippen LogP) is 2.77. The van der Waals surface area contributed by atoms with E-state index in [0.717, 1.165) is 5.56 Å². The van der Waals surface area contributed by atoms with Crippen molar-refractivity contribution in [2.24, 2.45) is 0 Å². The number of rotatable bonds is 6. The molecule has 1 aromatic rings. The maximum absolute atomic E-state index is 11.9. The van der Waals surface area contributed by atoms with Gasteiger partial charge in [0.15, 0.2) is 0 Å². The van der Waals surface area contributed by atoms with Crippen molar-refractivity contribution in [3.63, 3.8) is 0 Å². The Morgan fingerprint density at radius 3 is 2.67 bits per heavy atom. The van der Waals surface area contributed by atoms with Crippen LogP contribution in [0.4, 0.5) is 0 Å². The van der Waals surface area contributed by atoms with Crippen LogP contribution < -0.4 is 0 Å². The molecule has 0 bridgehead atoms. The minimum Gasteiger partial charge on any atom is -0.395 e. The molecular weight excluding hydrogens is 273 g/mol. The first kappa shape index (κ1) is 15.3. The first-order valence-electron chi connectivity index (χ1n) is 5.91. The number of carbonyl (C=O) groups is 1. The summed E-state index contributed by atoms with van der Waals surface area (Å²) in [6.45, 7) is 2.86. The molecule has 100 valence electrons. The SMILES string of the molecule is CCN(CCO)C(=O)CCc1ccc(Cl)cc1Cl. The molecule has 1 rings (SSSR count). The fraction of sp³-hybridized carbons (Fsp3) is 0.462. The van der Waals surface area contributed by atoms with Gasteiger partial charge in [-0.3, -0.25) is 4.79 Å². The van der Waals surface area contributed by atoms with E-state index in [-0.39, 0.29) is 12.5 Å². The second kappa shape index (κ2) is 7.62. The highest BCUT2D eigenvalue weighted by Crippen LogP contribution is 2.22. The highest BCUT2D eigenvalue weighted by molar-refractivity contribution is 6.35. The summed E-state index contributed by atoms with van der Waals surface area (Å²) in [5.41, 5.74) is 0.912. The maximum atomic E-state index is 11.9. The smallest absolute Gasteiger partial charge is 0.222 e. The second-order valence-corrected chi connectivity index (χ2v) is 4.78. The molecule has 0 unspecified atom stereocenters. The number of nitrogens with zero attached hydrogens (tertiary/aromatic N) is 1. The highest BCUT2D eigenvalue weighted by atomic mass is 35.5. The molecule has 0 atom stereocenters. The molecule has 0 heterocycles. The van der Waals surface area contributed by atoms with Gasteiger partial charge in [0.2, 0.25) is 5.91 Å². The quantitative estimate of drug-likeness (QED) is 0.875. The largest absolute Gasteiger partial charge is 0.395 e. The topological polar surface area (TPSA) is 40.5 Å². The van der Waals surface area contributed by atoms with Crippen molar-refractivity contribution in [3.05, 3.63) is 33.8 Å². The highest BCUT2D eigenvalue weighted by Gasteiger charge is 2.11. The molecule has 0 aromatic heterocycles. The molecule has 0 fully saturated rings. The zero-order valence-electron chi connectivity index (χ0n) is 10.3. The van der Waals surface area contributed by atoms with E-state index in [0.29, 0.717) is 36.0 Å². The van der Waals surface area contributed by atoms with Gasteiger partial charge >= 0.3 is 0 Å². The Morgan fingerprint density at radius 1 is 1.39 bits per heavy atom. The lowest BCUT2D eigenvalue weighted by atomic mass is 10.1. The third-order valence-electron chi connectivity index (χ3n) is 2.73. The molecule has 5 heteroatoms. The number of aliphatic hydroxyl groups excluding tert-OH is 1. The number of amides is 1. The van der Waals surface area contributed by atoms with E-state index in [1.165, 1.54) is 0 Å². The summed E-state index contributed by atoms with van der Waals surface area (Å²) in [6, 6.07) is 5.27. The van der Waals surface area contributed by atoms with Gasteiger partial charge in [-0.15, -0.1) is 0 Å². The van der Waals surface area contributed by atoms with Crippen LogP contribution in [0.15, 0.2) is 18.2 Å². The third kappa shape index (κ3) is 4.48. The fourth-order valence-electron chi connectivity index (χ4n) is 1.70. The summed E-state index contributed by atoms with van der Waals surface area (Å²) >= 11 is 11.8. The number of hydrogen-bond donors (Lipinski definition) is 1. The lowest BCUT2D eigenvalue weighted by Gasteiger charge is -2.19. The van der Waals surface area contributed by atoms with Gasteiger partial charge in [-0.1, -0.05) is 29.3 Å². The molecule has 1 aromatic carbocycles. The monoisotopic (exact) mass is 289 g/mol. The molecule has 0 aliphatic carbocycles. The van der Waals surface area contributed by atoms with E-state index in [1.807, 2.05) is 13.0 Å². The number of aliphatic hydroxyl groups is 1. The van der Waals surface area contributed by atoms with Crippen molar-refractivity contribution in [2.45, 2.75) is 19.8 Å². The van der Waals surface area contributed by atoms with Crippen LogP contribution in [0.1, 0.15) is 18.9 Å². The third-order valence-corrected chi connectivity index (χ3v) is 3.31. The number of benzene rings is 1. The minimum absolute atomic E-state index is 0.0126. The van der Waals surface area contributed by atoms with Gasteiger partial charge < -0.3 is 10.0 Å². The predicted molar refractivity (Wildman–Crippen MR) is 74.1 cm³/mol. The molecule has 0 spiro atoms. The summed E-state index contributed by atoms with van der Waals surface area (Å²) < 4.78 is 0. The van der Waals surface area contributed by atoms with Crippen LogP contribution in [0.5, 0.6) is 0 Å². The van der Waals surface area contributed by atoms with Crippen LogP contribution in [-0.4, -0.2) is 35.6 Å². The molecule has 0 radical (unpaired) electrons. The Hall–Kier alpha value is -0.770. The van der Waals surface area contributed by atoms with Gasteiger partial charge in [-0.05, 0) is 31.0 Å². The molecule has 0 aliphatic rings. The Bertz CT molecular complexity index is 410. The Balaban J connectivity index is 2.56. The number of aryl methyl sites for hydroxylation is 1. The normalized spacial score (nSPS) is 10.4. The standard InChI is InChI=1S/C13H17Cl2NO2/c1-2-16(7-8-17)13(18)6-4-10-3-5-11(14)9-12(10)15/h3,5,9,17H,2,4,6-8H2,1H3. The van der Waals surface area contributed by atoms with Gasteiger partial charge in [0, 0.05) is 29.6 Å². The number of likely N-dealkylation sites (N-methyl/N-ethyl adjacent to an activating group) is 1. The van der Waals surface area contributed by atoms with Crippen molar-refractivity contribution in [1.29, 1.82) is 0 Å². The van der Waals surface area contributed by atoms with Gasteiger partial charge in [-0.2, -0.15) is 0 Å². The lowest BCUT2D eigenvalue weighted by molar-refractivity contribution is -0.131. The van der Waals surface area contributed by atoms with E-state index in [2.05, 4.69) is 0 Å². The van der Waals surface area contributed by atoms with Crippen LogP contribution >= 0.6 is 23.2 Å². The number of carbonyl (C=O) groups excluding carboxylic acids is 1. The van der Waals surface area contributed by atoms with Gasteiger partial charge in [0.25, 0.3) is 0 Å². The molecule has 0 saturated carbocycles.